The van der Waals surface area contributed by atoms with Crippen molar-refractivity contribution in [2.75, 3.05) is 50.6 Å². The summed E-state index contributed by atoms with van der Waals surface area (Å²) in [6.07, 6.45) is 3.05. The van der Waals surface area contributed by atoms with Crippen molar-refractivity contribution in [1.82, 2.24) is 20.2 Å². The predicted octanol–water partition coefficient (Wildman–Crippen LogP) is 1.55. The fourth-order valence-electron chi connectivity index (χ4n) is 2.96. The number of benzene rings is 1. The second-order valence-corrected chi connectivity index (χ2v) is 6.24. The summed E-state index contributed by atoms with van der Waals surface area (Å²) in [6.45, 7) is 4.03. The second-order valence-electron chi connectivity index (χ2n) is 6.24. The van der Waals surface area contributed by atoms with Crippen molar-refractivity contribution in [3.63, 3.8) is 0 Å². The number of aromatic nitrogens is 2. The molecule has 2 heterocycles. The number of carbonyl (C=O) groups excluding carboxylic acids is 1. The third-order valence-corrected chi connectivity index (χ3v) is 4.46. The van der Waals surface area contributed by atoms with Crippen molar-refractivity contribution in [3.8, 4) is 0 Å². The molecule has 3 rings (SSSR count). The molecule has 0 saturated carbocycles. The van der Waals surface area contributed by atoms with Crippen LogP contribution in [-0.4, -0.2) is 67.3 Å². The zero-order chi connectivity index (χ0) is 19.8. The van der Waals surface area contributed by atoms with E-state index >= 15 is 0 Å². The summed E-state index contributed by atoms with van der Waals surface area (Å²) in [6, 6.07) is 9.42. The van der Waals surface area contributed by atoms with Gasteiger partial charge >= 0.3 is 6.09 Å². The van der Waals surface area contributed by atoms with E-state index in [-0.39, 0.29) is 0 Å². The Morgan fingerprint density at radius 1 is 1.14 bits per heavy atom. The minimum absolute atomic E-state index is 0.480. The Labute approximate surface area is 164 Å². The van der Waals surface area contributed by atoms with Gasteiger partial charge in [0.2, 0.25) is 5.95 Å². The van der Waals surface area contributed by atoms with Gasteiger partial charge in [-0.3, -0.25) is 10.3 Å². The van der Waals surface area contributed by atoms with E-state index in [4.69, 9.17) is 0 Å². The average molecular weight is 383 g/mol. The van der Waals surface area contributed by atoms with Crippen LogP contribution in [0.15, 0.2) is 47.7 Å². The molecule has 148 valence electrons. The second kappa shape index (κ2) is 9.54. The zero-order valence-corrected chi connectivity index (χ0v) is 16.1. The van der Waals surface area contributed by atoms with Crippen molar-refractivity contribution in [1.29, 1.82) is 0 Å². The Balaban J connectivity index is 1.49. The molecule has 1 aliphatic heterocycles. The third kappa shape index (κ3) is 5.09. The lowest BCUT2D eigenvalue weighted by molar-refractivity contribution is 0.187. The van der Waals surface area contributed by atoms with Crippen molar-refractivity contribution >= 4 is 23.7 Å². The number of hydrogen-bond acceptors (Lipinski definition) is 6. The van der Waals surface area contributed by atoms with Crippen molar-refractivity contribution < 1.29 is 9.53 Å². The van der Waals surface area contributed by atoms with E-state index in [1.54, 1.807) is 19.4 Å². The molecule has 2 N–H and O–H groups in total. The lowest BCUT2D eigenvalue weighted by Crippen LogP contribution is -2.52. The number of anilines is 2. The topological polar surface area (TPSA) is 95.0 Å². The number of carbonyl (C=O) groups is 1. The van der Waals surface area contributed by atoms with E-state index in [0.29, 0.717) is 12.2 Å². The highest BCUT2D eigenvalue weighted by Gasteiger charge is 2.20. The molecule has 0 atom stereocenters. The van der Waals surface area contributed by atoms with Crippen LogP contribution in [0.25, 0.3) is 0 Å². The number of ether oxygens (including phenoxy) is 1. The lowest BCUT2D eigenvalue weighted by atomic mass is 10.2. The molecule has 0 radical (unpaired) electrons. The van der Waals surface area contributed by atoms with Gasteiger partial charge in [0.25, 0.3) is 0 Å². The molecule has 1 aromatic heterocycles. The molecular weight excluding hydrogens is 358 g/mol. The molecular formula is C19H25N7O2. The smallest absolute Gasteiger partial charge is 0.411 e. The first-order chi connectivity index (χ1) is 13.7. The molecule has 1 saturated heterocycles. The Kier molecular flexibility index (Phi) is 6.61. The number of piperazine rings is 1. The number of guanidine groups is 1. The first-order valence-corrected chi connectivity index (χ1v) is 9.11. The predicted molar refractivity (Wildman–Crippen MR) is 108 cm³/mol. The fraction of sp³-hybridized carbons (Fsp3) is 0.368. The quantitative estimate of drug-likeness (QED) is 0.611. The highest BCUT2D eigenvalue weighted by atomic mass is 16.5. The van der Waals surface area contributed by atoms with Crippen LogP contribution >= 0.6 is 0 Å². The summed E-state index contributed by atoms with van der Waals surface area (Å²) in [4.78, 5) is 28.7. The molecule has 0 aliphatic carbocycles. The maximum absolute atomic E-state index is 11.2. The standard InChI is InChI=1S/C19H25N7O2/c1-20-17(23-14-15-4-6-16(7-5-15)24-19(27)28-2)25-10-12-26(13-11-25)18-21-8-3-9-22-18/h3-9H,10-14H2,1-2H3,(H,20,23)(H,24,27). The fourth-order valence-corrected chi connectivity index (χ4v) is 2.96. The van der Waals surface area contributed by atoms with Gasteiger partial charge in [-0.25, -0.2) is 14.8 Å². The maximum Gasteiger partial charge on any atom is 0.411 e. The first-order valence-electron chi connectivity index (χ1n) is 9.11. The summed E-state index contributed by atoms with van der Waals surface area (Å²) < 4.78 is 4.59. The van der Waals surface area contributed by atoms with E-state index in [9.17, 15) is 4.79 Å². The monoisotopic (exact) mass is 383 g/mol. The summed E-state index contributed by atoms with van der Waals surface area (Å²) in [5, 5.41) is 6.03. The van der Waals surface area contributed by atoms with Crippen LogP contribution in [0.3, 0.4) is 0 Å². The molecule has 28 heavy (non-hydrogen) atoms. The number of rotatable bonds is 4. The third-order valence-electron chi connectivity index (χ3n) is 4.46. The van der Waals surface area contributed by atoms with Gasteiger partial charge in [-0.1, -0.05) is 12.1 Å². The number of methoxy groups -OCH3 is 1. The summed E-state index contributed by atoms with van der Waals surface area (Å²) in [5.41, 5.74) is 1.78. The highest BCUT2D eigenvalue weighted by Crippen LogP contribution is 2.11. The Hall–Kier alpha value is -3.36. The molecule has 1 fully saturated rings. The number of aliphatic imine (C=N–C) groups is 1. The van der Waals surface area contributed by atoms with Gasteiger partial charge < -0.3 is 19.9 Å². The Bertz CT molecular complexity index is 788. The van der Waals surface area contributed by atoms with E-state index in [1.165, 1.54) is 7.11 Å². The summed E-state index contributed by atoms with van der Waals surface area (Å²) in [5.74, 6) is 1.64. The molecule has 1 aliphatic rings. The molecule has 9 nitrogen and oxygen atoms in total. The SMILES string of the molecule is CN=C(NCc1ccc(NC(=O)OC)cc1)N1CCN(c2ncccn2)CC1. The van der Waals surface area contributed by atoms with Crippen LogP contribution in [-0.2, 0) is 11.3 Å². The Morgan fingerprint density at radius 2 is 1.82 bits per heavy atom. The highest BCUT2D eigenvalue weighted by molar-refractivity contribution is 5.84. The van der Waals surface area contributed by atoms with Crippen LogP contribution in [0, 0.1) is 0 Å². The average Bonchev–Trinajstić information content (AvgIpc) is 2.76. The summed E-state index contributed by atoms with van der Waals surface area (Å²) >= 11 is 0. The zero-order valence-electron chi connectivity index (χ0n) is 16.1. The molecule has 9 heteroatoms. The van der Waals surface area contributed by atoms with Crippen LogP contribution < -0.4 is 15.5 Å². The summed E-state index contributed by atoms with van der Waals surface area (Å²) in [7, 11) is 3.13. The van der Waals surface area contributed by atoms with Crippen LogP contribution in [0.4, 0.5) is 16.4 Å². The molecule has 0 unspecified atom stereocenters. The van der Waals surface area contributed by atoms with Crippen molar-refractivity contribution in [3.05, 3.63) is 48.3 Å². The first kappa shape index (κ1) is 19.4. The van der Waals surface area contributed by atoms with Gasteiger partial charge in [-0.15, -0.1) is 0 Å². The van der Waals surface area contributed by atoms with E-state index in [1.807, 2.05) is 30.3 Å². The molecule has 1 aromatic carbocycles. The minimum Gasteiger partial charge on any atom is -0.453 e. The van der Waals surface area contributed by atoms with Crippen LogP contribution in [0.5, 0.6) is 0 Å². The van der Waals surface area contributed by atoms with Gasteiger partial charge in [0, 0.05) is 57.9 Å². The van der Waals surface area contributed by atoms with E-state index < -0.39 is 6.09 Å². The molecule has 0 bridgehead atoms. The van der Waals surface area contributed by atoms with E-state index in [2.05, 4.69) is 40.1 Å². The van der Waals surface area contributed by atoms with Gasteiger partial charge in [0.15, 0.2) is 5.96 Å². The Morgan fingerprint density at radius 3 is 2.43 bits per heavy atom. The number of hydrogen-bond donors (Lipinski definition) is 2. The van der Waals surface area contributed by atoms with Gasteiger partial charge in [0.05, 0.1) is 7.11 Å². The van der Waals surface area contributed by atoms with E-state index in [0.717, 1.165) is 43.7 Å². The van der Waals surface area contributed by atoms with Crippen molar-refractivity contribution in [2.24, 2.45) is 4.99 Å². The number of amides is 1. The molecule has 0 spiro atoms. The minimum atomic E-state index is -0.480. The van der Waals surface area contributed by atoms with Gasteiger partial charge in [-0.05, 0) is 23.8 Å². The van der Waals surface area contributed by atoms with Crippen molar-refractivity contribution in [2.45, 2.75) is 6.54 Å². The molecule has 1 amide bonds. The normalized spacial score (nSPS) is 14.6. The number of nitrogens with zero attached hydrogens (tertiary/aromatic N) is 5. The molecule has 2 aromatic rings. The largest absolute Gasteiger partial charge is 0.453 e. The maximum atomic E-state index is 11.2. The van der Waals surface area contributed by atoms with Crippen LogP contribution in [0.2, 0.25) is 0 Å². The van der Waals surface area contributed by atoms with Gasteiger partial charge in [-0.2, -0.15) is 0 Å². The number of nitrogens with one attached hydrogen (secondary N) is 2. The van der Waals surface area contributed by atoms with Gasteiger partial charge in [0.1, 0.15) is 0 Å². The van der Waals surface area contributed by atoms with Crippen LogP contribution in [0.1, 0.15) is 5.56 Å². The lowest BCUT2D eigenvalue weighted by Gasteiger charge is -2.36.